The number of nitrogens with zero attached hydrogens (tertiary/aromatic N) is 6. The molecule has 2 saturated carbocycles. The molecule has 10 nitrogen and oxygen atoms in total. The summed E-state index contributed by atoms with van der Waals surface area (Å²) in [6, 6.07) is 19.8. The van der Waals surface area contributed by atoms with Gasteiger partial charge in [0.05, 0.1) is 39.6 Å². The SMILES string of the molecule is COc1ncc(-c2ccc([C@@H]3C[C@H]3CN3CCC[C@H]3C)cc2)c(OC)n1.COc1ncc(-c2ccc([C@H]3C[C@@H]3CN3CCC[C@H]3C)cc2)c(OC)n1. The van der Waals surface area contributed by atoms with Gasteiger partial charge in [0, 0.05) is 37.6 Å². The van der Waals surface area contributed by atoms with Gasteiger partial charge in [0.25, 0.3) is 0 Å². The van der Waals surface area contributed by atoms with Gasteiger partial charge in [0.2, 0.25) is 11.8 Å². The van der Waals surface area contributed by atoms with Crippen molar-refractivity contribution in [1.29, 1.82) is 0 Å². The number of benzene rings is 2. The van der Waals surface area contributed by atoms with E-state index in [4.69, 9.17) is 18.9 Å². The minimum absolute atomic E-state index is 0.319. The molecule has 4 fully saturated rings. The standard InChI is InChI=1S/2C21H27N3O2/c2*1-14-5-4-10-24(14)13-17-11-18(17)15-6-8-16(9-7-15)19-12-22-21(26-3)23-20(19)25-2/h2*6-9,12,14,17-18H,4-5,10-11,13H2,1-3H3/t14-,17+,18+;14-,17-,18-/m11/s1. The van der Waals surface area contributed by atoms with E-state index in [9.17, 15) is 0 Å². The topological polar surface area (TPSA) is 95.0 Å². The normalized spacial score (nSPS) is 25.3. The minimum atomic E-state index is 0.319. The molecule has 0 N–H and O–H groups in total. The van der Waals surface area contributed by atoms with Crippen molar-refractivity contribution in [2.75, 3.05) is 54.6 Å². The average Bonchev–Trinajstić information content (AvgIpc) is 4.06. The van der Waals surface area contributed by atoms with Crippen LogP contribution in [-0.2, 0) is 0 Å². The zero-order chi connectivity index (χ0) is 36.2. The molecule has 0 amide bonds. The molecule has 0 spiro atoms. The first kappa shape index (κ1) is 36.1. The third-order valence-corrected chi connectivity index (χ3v) is 11.7. The van der Waals surface area contributed by atoms with Crippen LogP contribution < -0.4 is 18.9 Å². The summed E-state index contributed by atoms with van der Waals surface area (Å²) in [6.07, 6.45) is 11.6. The molecule has 4 aromatic rings. The smallest absolute Gasteiger partial charge is 0.319 e. The van der Waals surface area contributed by atoms with E-state index in [2.05, 4.69) is 92.1 Å². The Morgan fingerprint density at radius 2 is 0.981 bits per heavy atom. The van der Waals surface area contributed by atoms with E-state index >= 15 is 0 Å². The van der Waals surface area contributed by atoms with Gasteiger partial charge in [-0.25, -0.2) is 9.97 Å². The highest BCUT2D eigenvalue weighted by molar-refractivity contribution is 5.69. The molecule has 276 valence electrons. The van der Waals surface area contributed by atoms with Crippen LogP contribution in [0.2, 0.25) is 0 Å². The molecule has 0 unspecified atom stereocenters. The van der Waals surface area contributed by atoms with Gasteiger partial charge >= 0.3 is 12.0 Å². The van der Waals surface area contributed by atoms with Gasteiger partial charge in [0.15, 0.2) is 0 Å². The molecule has 4 heterocycles. The lowest BCUT2D eigenvalue weighted by Crippen LogP contribution is -2.29. The average molecular weight is 707 g/mol. The number of hydrogen-bond acceptors (Lipinski definition) is 10. The Kier molecular flexibility index (Phi) is 11.2. The Morgan fingerprint density at radius 1 is 0.577 bits per heavy atom. The molecule has 2 aromatic carbocycles. The van der Waals surface area contributed by atoms with Gasteiger partial charge in [-0.15, -0.1) is 0 Å². The molecule has 2 aliphatic heterocycles. The van der Waals surface area contributed by atoms with Gasteiger partial charge in [-0.2, -0.15) is 9.97 Å². The third-order valence-electron chi connectivity index (χ3n) is 11.7. The van der Waals surface area contributed by atoms with Crippen molar-refractivity contribution in [2.24, 2.45) is 11.8 Å². The van der Waals surface area contributed by atoms with Crippen molar-refractivity contribution >= 4 is 0 Å². The fourth-order valence-electron chi connectivity index (χ4n) is 8.27. The third kappa shape index (κ3) is 8.18. The van der Waals surface area contributed by atoms with Crippen molar-refractivity contribution in [3.63, 3.8) is 0 Å². The number of likely N-dealkylation sites (tertiary alicyclic amines) is 2. The molecule has 10 heteroatoms. The van der Waals surface area contributed by atoms with E-state index in [1.54, 1.807) is 40.8 Å². The van der Waals surface area contributed by atoms with Crippen molar-refractivity contribution in [2.45, 2.75) is 76.3 Å². The predicted octanol–water partition coefficient (Wildman–Crippen LogP) is 7.50. The fraction of sp³-hybridized carbons (Fsp3) is 0.524. The van der Waals surface area contributed by atoms with Gasteiger partial charge in [-0.05, 0) is 111 Å². The first-order valence-corrected chi connectivity index (χ1v) is 19.0. The Bertz CT molecular complexity index is 1660. The summed E-state index contributed by atoms with van der Waals surface area (Å²) in [6.45, 7) is 9.80. The highest BCUT2D eigenvalue weighted by atomic mass is 16.5. The maximum absolute atomic E-state index is 5.40. The number of ether oxygens (including phenoxy) is 4. The van der Waals surface area contributed by atoms with Crippen LogP contribution in [0.25, 0.3) is 22.3 Å². The largest absolute Gasteiger partial charge is 0.480 e. The second kappa shape index (κ2) is 16.2. The lowest BCUT2D eigenvalue weighted by molar-refractivity contribution is 0.256. The maximum atomic E-state index is 5.40. The monoisotopic (exact) mass is 706 g/mol. The van der Waals surface area contributed by atoms with Gasteiger partial charge < -0.3 is 28.7 Å². The molecule has 0 bridgehead atoms. The lowest BCUT2D eigenvalue weighted by Gasteiger charge is -2.20. The minimum Gasteiger partial charge on any atom is -0.480 e. The van der Waals surface area contributed by atoms with Crippen LogP contribution in [0.3, 0.4) is 0 Å². The van der Waals surface area contributed by atoms with Crippen molar-refractivity contribution in [1.82, 2.24) is 29.7 Å². The Labute approximate surface area is 308 Å². The molecule has 2 aromatic heterocycles. The molecule has 2 aliphatic carbocycles. The van der Waals surface area contributed by atoms with Crippen molar-refractivity contribution in [3.05, 3.63) is 72.1 Å². The van der Waals surface area contributed by atoms with E-state index < -0.39 is 0 Å². The molecule has 0 radical (unpaired) electrons. The first-order valence-electron chi connectivity index (χ1n) is 19.0. The summed E-state index contributed by atoms with van der Waals surface area (Å²) in [5, 5.41) is 0. The number of hydrogen-bond donors (Lipinski definition) is 0. The van der Waals surface area contributed by atoms with E-state index in [1.807, 2.05) is 0 Å². The van der Waals surface area contributed by atoms with Crippen LogP contribution in [0.1, 0.15) is 75.3 Å². The lowest BCUT2D eigenvalue weighted by atomic mass is 10.0. The van der Waals surface area contributed by atoms with Crippen LogP contribution in [-0.4, -0.2) is 96.4 Å². The summed E-state index contributed by atoms with van der Waals surface area (Å²) in [5.41, 5.74) is 6.80. The van der Waals surface area contributed by atoms with Gasteiger partial charge in [0.1, 0.15) is 0 Å². The summed E-state index contributed by atoms with van der Waals surface area (Å²) >= 11 is 0. The zero-order valence-corrected chi connectivity index (χ0v) is 31.6. The van der Waals surface area contributed by atoms with E-state index in [0.29, 0.717) is 35.6 Å². The van der Waals surface area contributed by atoms with Crippen LogP contribution in [0.4, 0.5) is 0 Å². The van der Waals surface area contributed by atoms with E-state index in [-0.39, 0.29) is 0 Å². The number of aromatic nitrogens is 4. The number of methoxy groups -OCH3 is 4. The molecule has 6 atom stereocenters. The van der Waals surface area contributed by atoms with Gasteiger partial charge in [-0.3, -0.25) is 0 Å². The Morgan fingerprint density at radius 3 is 1.31 bits per heavy atom. The second-order valence-corrected chi connectivity index (χ2v) is 15.0. The maximum Gasteiger partial charge on any atom is 0.319 e. The Balaban J connectivity index is 0.000000162. The molecular formula is C42H54N6O4. The van der Waals surface area contributed by atoms with Crippen molar-refractivity contribution < 1.29 is 18.9 Å². The van der Waals surface area contributed by atoms with Crippen LogP contribution in [0, 0.1) is 11.8 Å². The molecular weight excluding hydrogens is 652 g/mol. The summed E-state index contributed by atoms with van der Waals surface area (Å²) in [7, 11) is 6.35. The van der Waals surface area contributed by atoms with Gasteiger partial charge in [-0.1, -0.05) is 48.5 Å². The molecule has 52 heavy (non-hydrogen) atoms. The Hall–Kier alpha value is -4.28. The summed E-state index contributed by atoms with van der Waals surface area (Å²) in [5.74, 6) is 4.14. The van der Waals surface area contributed by atoms with Crippen LogP contribution in [0.5, 0.6) is 23.8 Å². The van der Waals surface area contributed by atoms with Crippen LogP contribution >= 0.6 is 0 Å². The van der Waals surface area contributed by atoms with Crippen LogP contribution in [0.15, 0.2) is 60.9 Å². The number of rotatable bonds is 12. The fourth-order valence-corrected chi connectivity index (χ4v) is 8.27. The summed E-state index contributed by atoms with van der Waals surface area (Å²) < 4.78 is 20.9. The quantitative estimate of drug-likeness (QED) is 0.147. The molecule has 8 rings (SSSR count). The zero-order valence-electron chi connectivity index (χ0n) is 31.6. The van der Waals surface area contributed by atoms with E-state index in [0.717, 1.165) is 46.2 Å². The molecule has 2 saturated heterocycles. The van der Waals surface area contributed by atoms with E-state index in [1.165, 1.54) is 75.8 Å². The predicted molar refractivity (Wildman–Crippen MR) is 203 cm³/mol. The van der Waals surface area contributed by atoms with Crippen molar-refractivity contribution in [3.8, 4) is 46.0 Å². The highest BCUT2D eigenvalue weighted by Crippen LogP contribution is 2.50. The first-order chi connectivity index (χ1) is 25.4. The summed E-state index contributed by atoms with van der Waals surface area (Å²) in [4.78, 5) is 22.3. The second-order valence-electron chi connectivity index (χ2n) is 15.0. The highest BCUT2D eigenvalue weighted by Gasteiger charge is 2.41. The molecule has 4 aliphatic rings.